The molecule has 0 amide bonds. The third kappa shape index (κ3) is 2.36. The van der Waals surface area contributed by atoms with Crippen molar-refractivity contribution in [3.8, 4) is 11.5 Å². The van der Waals surface area contributed by atoms with Crippen molar-refractivity contribution in [2.24, 2.45) is 11.3 Å². The monoisotopic (exact) mass is 318 g/mol. The van der Waals surface area contributed by atoms with Crippen LogP contribution < -0.4 is 0 Å². The van der Waals surface area contributed by atoms with E-state index in [0.717, 1.165) is 30.4 Å². The van der Waals surface area contributed by atoms with Gasteiger partial charge in [-0.3, -0.25) is 0 Å². The predicted octanol–water partition coefficient (Wildman–Crippen LogP) is 4.36. The van der Waals surface area contributed by atoms with E-state index in [1.165, 1.54) is 12.8 Å². The molecule has 2 atom stereocenters. The van der Waals surface area contributed by atoms with E-state index in [0.29, 0.717) is 11.5 Å². The van der Waals surface area contributed by atoms with Gasteiger partial charge in [0.2, 0.25) is 0 Å². The van der Waals surface area contributed by atoms with E-state index >= 15 is 0 Å². The Morgan fingerprint density at radius 1 is 1.13 bits per heavy atom. The summed E-state index contributed by atoms with van der Waals surface area (Å²) in [5.41, 5.74) is 1.81. The molecule has 3 heteroatoms. The number of benzene rings is 1. The number of aromatic hydroxyl groups is 2. The second-order valence-corrected chi connectivity index (χ2v) is 9.06. The first-order valence-corrected chi connectivity index (χ1v) is 8.79. The first-order valence-electron chi connectivity index (χ1n) is 8.79. The molecule has 128 valence electrons. The molecule has 0 aliphatic heterocycles. The minimum Gasteiger partial charge on any atom is -0.504 e. The molecule has 3 N–H and O–H groups in total. The molecule has 1 aromatic carbocycles. The van der Waals surface area contributed by atoms with Crippen LogP contribution in [0.15, 0.2) is 6.07 Å². The van der Waals surface area contributed by atoms with E-state index in [1.54, 1.807) is 19.9 Å². The molecule has 0 bridgehead atoms. The van der Waals surface area contributed by atoms with Gasteiger partial charge in [0, 0.05) is 5.56 Å². The molecule has 3 nitrogen and oxygen atoms in total. The summed E-state index contributed by atoms with van der Waals surface area (Å²) < 4.78 is 0. The Bertz CT molecular complexity index is 639. The van der Waals surface area contributed by atoms with Crippen molar-refractivity contribution < 1.29 is 15.3 Å². The Balaban J connectivity index is 2.26. The normalized spacial score (nSPS) is 29.7. The van der Waals surface area contributed by atoms with Crippen LogP contribution in [-0.4, -0.2) is 15.3 Å². The van der Waals surface area contributed by atoms with E-state index < -0.39 is 5.60 Å². The van der Waals surface area contributed by atoms with Gasteiger partial charge in [-0.05, 0) is 73.5 Å². The van der Waals surface area contributed by atoms with Crippen LogP contribution in [0.4, 0.5) is 0 Å². The third-order valence-corrected chi connectivity index (χ3v) is 6.53. The number of hydrogen-bond donors (Lipinski definition) is 3. The standard InChI is InChI=1S/C20H30O3/c1-18(2)9-6-10-20(5)13-11-14(21)17(22)16(19(3,4)23)12(13)7-8-15(18)20/h11,15,21-23H,6-10H2,1-5H3/t15-,20+/m0/s1. The number of phenolic OH excluding ortho intramolecular Hbond substituents is 2. The van der Waals surface area contributed by atoms with Crippen LogP contribution in [0.5, 0.6) is 11.5 Å². The van der Waals surface area contributed by atoms with Crippen molar-refractivity contribution in [1.29, 1.82) is 0 Å². The summed E-state index contributed by atoms with van der Waals surface area (Å²) in [5, 5.41) is 31.2. The van der Waals surface area contributed by atoms with E-state index in [9.17, 15) is 15.3 Å². The molecule has 2 aliphatic carbocycles. The van der Waals surface area contributed by atoms with Crippen molar-refractivity contribution in [2.75, 3.05) is 0 Å². The Hall–Kier alpha value is -1.22. The number of phenols is 2. The Morgan fingerprint density at radius 2 is 1.78 bits per heavy atom. The molecule has 0 spiro atoms. The van der Waals surface area contributed by atoms with Crippen LogP contribution in [0, 0.1) is 11.3 Å². The minimum atomic E-state index is -1.17. The van der Waals surface area contributed by atoms with Crippen LogP contribution >= 0.6 is 0 Å². The van der Waals surface area contributed by atoms with Gasteiger partial charge in [0.25, 0.3) is 0 Å². The Kier molecular flexibility index (Phi) is 3.54. The van der Waals surface area contributed by atoms with E-state index in [1.807, 2.05) is 0 Å². The van der Waals surface area contributed by atoms with Gasteiger partial charge in [-0.15, -0.1) is 0 Å². The molecule has 0 saturated heterocycles. The van der Waals surface area contributed by atoms with Gasteiger partial charge in [0.05, 0.1) is 5.60 Å². The average Bonchev–Trinajstić information content (AvgIpc) is 2.38. The van der Waals surface area contributed by atoms with E-state index in [-0.39, 0.29) is 22.3 Å². The first kappa shape index (κ1) is 16.6. The SMILES string of the molecule is CC(C)(O)c1c(O)c(O)cc2c1CC[C@H]1C(C)(C)CCC[C@]21C. The van der Waals surface area contributed by atoms with E-state index in [2.05, 4.69) is 20.8 Å². The van der Waals surface area contributed by atoms with Gasteiger partial charge < -0.3 is 15.3 Å². The number of hydrogen-bond acceptors (Lipinski definition) is 3. The van der Waals surface area contributed by atoms with Gasteiger partial charge >= 0.3 is 0 Å². The molecule has 1 aromatic rings. The summed E-state index contributed by atoms with van der Waals surface area (Å²) in [6, 6.07) is 1.76. The number of fused-ring (bicyclic) bond motifs is 3. The highest BCUT2D eigenvalue weighted by Crippen LogP contribution is 2.59. The van der Waals surface area contributed by atoms with Crippen LogP contribution in [-0.2, 0) is 17.4 Å². The number of aliphatic hydroxyl groups is 1. The summed E-state index contributed by atoms with van der Waals surface area (Å²) in [6.45, 7) is 10.4. The highest BCUT2D eigenvalue weighted by molar-refractivity contribution is 5.58. The largest absolute Gasteiger partial charge is 0.504 e. The lowest BCUT2D eigenvalue weighted by Gasteiger charge is -2.55. The lowest BCUT2D eigenvalue weighted by molar-refractivity contribution is 0.0372. The second-order valence-electron chi connectivity index (χ2n) is 9.06. The second kappa shape index (κ2) is 4.89. The smallest absolute Gasteiger partial charge is 0.163 e. The maximum atomic E-state index is 10.6. The van der Waals surface area contributed by atoms with Gasteiger partial charge in [-0.25, -0.2) is 0 Å². The van der Waals surface area contributed by atoms with Crippen LogP contribution in [0.3, 0.4) is 0 Å². The quantitative estimate of drug-likeness (QED) is 0.674. The molecular weight excluding hydrogens is 288 g/mol. The maximum absolute atomic E-state index is 10.6. The Morgan fingerprint density at radius 3 is 2.39 bits per heavy atom. The predicted molar refractivity (Wildman–Crippen MR) is 91.8 cm³/mol. The Labute approximate surface area is 139 Å². The zero-order chi connectivity index (χ0) is 17.2. The summed E-state index contributed by atoms with van der Waals surface area (Å²) in [5.74, 6) is 0.300. The molecule has 3 rings (SSSR count). The zero-order valence-corrected chi connectivity index (χ0v) is 15.0. The third-order valence-electron chi connectivity index (χ3n) is 6.53. The van der Waals surface area contributed by atoms with E-state index in [4.69, 9.17) is 0 Å². The highest BCUT2D eigenvalue weighted by Gasteiger charge is 2.51. The fraction of sp³-hybridized carbons (Fsp3) is 0.700. The van der Waals surface area contributed by atoms with Crippen molar-refractivity contribution in [3.63, 3.8) is 0 Å². The highest BCUT2D eigenvalue weighted by atomic mass is 16.3. The van der Waals surface area contributed by atoms with Gasteiger partial charge in [-0.1, -0.05) is 27.2 Å². The van der Waals surface area contributed by atoms with Crippen molar-refractivity contribution in [3.05, 3.63) is 22.8 Å². The molecule has 1 fully saturated rings. The van der Waals surface area contributed by atoms with Crippen molar-refractivity contribution in [2.45, 2.75) is 77.7 Å². The number of rotatable bonds is 1. The molecule has 0 radical (unpaired) electrons. The molecule has 0 heterocycles. The van der Waals surface area contributed by atoms with Crippen molar-refractivity contribution >= 4 is 0 Å². The summed E-state index contributed by atoms with van der Waals surface area (Å²) >= 11 is 0. The molecule has 1 saturated carbocycles. The minimum absolute atomic E-state index is 0.000509. The maximum Gasteiger partial charge on any atom is 0.163 e. The average molecular weight is 318 g/mol. The fourth-order valence-electron chi connectivity index (χ4n) is 5.57. The van der Waals surface area contributed by atoms with Gasteiger partial charge in [-0.2, -0.15) is 0 Å². The molecule has 2 aliphatic rings. The van der Waals surface area contributed by atoms with Gasteiger partial charge in [0.15, 0.2) is 11.5 Å². The summed E-state index contributed by atoms with van der Waals surface area (Å²) in [7, 11) is 0. The van der Waals surface area contributed by atoms with Crippen LogP contribution in [0.2, 0.25) is 0 Å². The molecule has 23 heavy (non-hydrogen) atoms. The fourth-order valence-corrected chi connectivity index (χ4v) is 5.57. The zero-order valence-electron chi connectivity index (χ0n) is 15.0. The topological polar surface area (TPSA) is 60.7 Å². The summed E-state index contributed by atoms with van der Waals surface area (Å²) in [4.78, 5) is 0. The van der Waals surface area contributed by atoms with Crippen LogP contribution in [0.25, 0.3) is 0 Å². The summed E-state index contributed by atoms with van der Waals surface area (Å²) in [6.07, 6.45) is 5.45. The van der Waals surface area contributed by atoms with Crippen LogP contribution in [0.1, 0.15) is 77.0 Å². The lowest BCUT2D eigenvalue weighted by atomic mass is 9.50. The molecule has 0 aromatic heterocycles. The van der Waals surface area contributed by atoms with Gasteiger partial charge in [0.1, 0.15) is 0 Å². The molecular formula is C20H30O3. The first-order chi connectivity index (χ1) is 10.5. The van der Waals surface area contributed by atoms with Crippen molar-refractivity contribution in [1.82, 2.24) is 0 Å². The molecule has 0 unspecified atom stereocenters. The lowest BCUT2D eigenvalue weighted by Crippen LogP contribution is -2.48.